The van der Waals surface area contributed by atoms with Gasteiger partial charge in [0.1, 0.15) is 18.1 Å². The maximum atomic E-state index is 13.5. The number of piperidine rings is 1. The molecule has 1 fully saturated rings. The zero-order valence-corrected chi connectivity index (χ0v) is 17.9. The third-order valence-electron chi connectivity index (χ3n) is 6.22. The van der Waals surface area contributed by atoms with E-state index in [9.17, 15) is 4.79 Å². The van der Waals surface area contributed by atoms with Crippen LogP contribution in [0.3, 0.4) is 0 Å². The summed E-state index contributed by atoms with van der Waals surface area (Å²) in [7, 11) is 3.22. The summed E-state index contributed by atoms with van der Waals surface area (Å²) in [5, 5.41) is 0.776. The monoisotopic (exact) mass is 418 g/mol. The summed E-state index contributed by atoms with van der Waals surface area (Å²) in [4.78, 5) is 20.7. The van der Waals surface area contributed by atoms with Gasteiger partial charge in [0.05, 0.1) is 25.3 Å². The number of nitrogens with zero attached hydrogens (tertiary/aromatic N) is 2. The van der Waals surface area contributed by atoms with Crippen LogP contribution in [0.25, 0.3) is 22.0 Å². The van der Waals surface area contributed by atoms with Gasteiger partial charge < -0.3 is 14.2 Å². The molecular weight excluding hydrogens is 392 g/mol. The Bertz CT molecular complexity index is 1150. The van der Waals surface area contributed by atoms with Gasteiger partial charge in [-0.1, -0.05) is 6.42 Å². The van der Waals surface area contributed by atoms with Crippen LogP contribution in [-0.4, -0.2) is 56.1 Å². The molecule has 2 heterocycles. The molecule has 0 atom stereocenters. The average molecular weight is 418 g/mol. The zero-order chi connectivity index (χ0) is 21.4. The van der Waals surface area contributed by atoms with E-state index in [0.717, 1.165) is 41.7 Å². The van der Waals surface area contributed by atoms with E-state index in [0.29, 0.717) is 35.1 Å². The van der Waals surface area contributed by atoms with Crippen molar-refractivity contribution in [3.05, 3.63) is 47.5 Å². The molecule has 3 aromatic rings. The second kappa shape index (κ2) is 8.19. The first-order valence-corrected chi connectivity index (χ1v) is 10.8. The summed E-state index contributed by atoms with van der Waals surface area (Å²) in [6, 6.07) is 11.2. The summed E-state index contributed by atoms with van der Waals surface area (Å²) in [6.45, 7) is 3.64. The summed E-state index contributed by atoms with van der Waals surface area (Å²) in [5.74, 6) is 1.83. The second-order valence-corrected chi connectivity index (χ2v) is 8.04. The molecule has 0 saturated carbocycles. The first-order chi connectivity index (χ1) is 15.2. The average Bonchev–Trinajstić information content (AvgIpc) is 3.12. The number of fused-ring (bicyclic) bond motifs is 5. The molecule has 0 radical (unpaired) electrons. The fourth-order valence-corrected chi connectivity index (χ4v) is 4.58. The first kappa shape index (κ1) is 19.8. The highest BCUT2D eigenvalue weighted by Gasteiger charge is 2.33. The third kappa shape index (κ3) is 3.51. The molecule has 1 aromatic heterocycles. The van der Waals surface area contributed by atoms with Crippen molar-refractivity contribution < 1.29 is 19.0 Å². The lowest BCUT2D eigenvalue weighted by Crippen LogP contribution is -2.33. The highest BCUT2D eigenvalue weighted by molar-refractivity contribution is 6.28. The molecule has 0 amide bonds. The number of carbonyl (C=O) groups excluding carboxylic acids is 1. The molecule has 0 unspecified atom stereocenters. The minimum Gasteiger partial charge on any atom is -0.497 e. The number of benzene rings is 2. The molecule has 0 N–H and O–H groups in total. The maximum Gasteiger partial charge on any atom is 0.222 e. The maximum absolute atomic E-state index is 13.5. The Morgan fingerprint density at radius 2 is 1.65 bits per heavy atom. The third-order valence-corrected chi connectivity index (χ3v) is 6.22. The summed E-state index contributed by atoms with van der Waals surface area (Å²) in [6.07, 6.45) is 3.80. The topological polar surface area (TPSA) is 60.9 Å². The molecule has 1 saturated heterocycles. The van der Waals surface area contributed by atoms with Crippen LogP contribution in [0.5, 0.6) is 17.4 Å². The van der Waals surface area contributed by atoms with E-state index in [1.807, 2.05) is 30.3 Å². The molecule has 6 heteroatoms. The standard InChI is InChI=1S/C25H26N2O4/c1-29-16-6-8-18-19(14-16)24(28)22-20-15-17(30-2)7-9-21(20)26-25(23(18)22)31-13-12-27-10-4-3-5-11-27/h6-9,14-15H,3-5,10-13H2,1-2H3. The summed E-state index contributed by atoms with van der Waals surface area (Å²) >= 11 is 0. The summed E-state index contributed by atoms with van der Waals surface area (Å²) in [5.41, 5.74) is 3.57. The van der Waals surface area contributed by atoms with Crippen molar-refractivity contribution in [1.82, 2.24) is 9.88 Å². The van der Waals surface area contributed by atoms with Gasteiger partial charge in [-0.15, -0.1) is 0 Å². The molecule has 0 spiro atoms. The molecule has 2 aliphatic rings. The van der Waals surface area contributed by atoms with Crippen molar-refractivity contribution in [2.24, 2.45) is 0 Å². The zero-order valence-electron chi connectivity index (χ0n) is 17.9. The minimum absolute atomic E-state index is 0.0366. The van der Waals surface area contributed by atoms with Gasteiger partial charge in [0.15, 0.2) is 5.78 Å². The number of rotatable bonds is 6. The van der Waals surface area contributed by atoms with Crippen LogP contribution in [0.2, 0.25) is 0 Å². The Labute approximate surface area is 181 Å². The molecule has 5 rings (SSSR count). The molecule has 31 heavy (non-hydrogen) atoms. The van der Waals surface area contributed by atoms with Gasteiger partial charge in [-0.05, 0) is 67.9 Å². The predicted octanol–water partition coefficient (Wildman–Crippen LogP) is 4.33. The number of hydrogen-bond donors (Lipinski definition) is 0. The van der Waals surface area contributed by atoms with E-state index in [2.05, 4.69) is 4.90 Å². The molecular formula is C25H26N2O4. The van der Waals surface area contributed by atoms with Gasteiger partial charge in [-0.3, -0.25) is 9.69 Å². The highest BCUT2D eigenvalue weighted by atomic mass is 16.5. The Hall–Kier alpha value is -3.12. The number of ketones is 1. The molecule has 1 aliphatic carbocycles. The van der Waals surface area contributed by atoms with E-state index >= 15 is 0 Å². The van der Waals surface area contributed by atoms with E-state index in [1.54, 1.807) is 20.3 Å². The van der Waals surface area contributed by atoms with Gasteiger partial charge in [-0.25, -0.2) is 4.98 Å². The van der Waals surface area contributed by atoms with E-state index in [4.69, 9.17) is 19.2 Å². The van der Waals surface area contributed by atoms with Gasteiger partial charge in [0.2, 0.25) is 5.88 Å². The van der Waals surface area contributed by atoms with Gasteiger partial charge in [0.25, 0.3) is 0 Å². The number of carbonyl (C=O) groups is 1. The van der Waals surface area contributed by atoms with Crippen molar-refractivity contribution in [2.45, 2.75) is 19.3 Å². The quantitative estimate of drug-likeness (QED) is 0.465. The predicted molar refractivity (Wildman–Crippen MR) is 120 cm³/mol. The first-order valence-electron chi connectivity index (χ1n) is 10.8. The molecule has 1 aliphatic heterocycles. The normalized spacial score (nSPS) is 15.6. The van der Waals surface area contributed by atoms with Crippen molar-refractivity contribution in [2.75, 3.05) is 40.5 Å². The molecule has 6 nitrogen and oxygen atoms in total. The van der Waals surface area contributed by atoms with Crippen LogP contribution < -0.4 is 14.2 Å². The van der Waals surface area contributed by atoms with Crippen molar-refractivity contribution in [3.63, 3.8) is 0 Å². The van der Waals surface area contributed by atoms with Gasteiger partial charge in [0, 0.05) is 23.1 Å². The largest absolute Gasteiger partial charge is 0.497 e. The smallest absolute Gasteiger partial charge is 0.222 e. The molecule has 160 valence electrons. The van der Waals surface area contributed by atoms with Gasteiger partial charge in [-0.2, -0.15) is 0 Å². The van der Waals surface area contributed by atoms with E-state index < -0.39 is 0 Å². The number of pyridine rings is 1. The summed E-state index contributed by atoms with van der Waals surface area (Å²) < 4.78 is 17.0. The number of methoxy groups -OCH3 is 2. The van der Waals surface area contributed by atoms with E-state index in [1.165, 1.54) is 19.3 Å². The SMILES string of the molecule is COc1ccc2c(c1)C(=O)c1c-2c(OCCN2CCCCC2)nc2ccc(OC)cc12. The number of ether oxygens (including phenoxy) is 3. The number of hydrogen-bond acceptors (Lipinski definition) is 6. The number of aromatic nitrogens is 1. The second-order valence-electron chi connectivity index (χ2n) is 8.04. The van der Waals surface area contributed by atoms with Crippen molar-refractivity contribution in [3.8, 4) is 28.5 Å². The highest BCUT2D eigenvalue weighted by Crippen LogP contribution is 2.46. The minimum atomic E-state index is -0.0366. The van der Waals surface area contributed by atoms with Crippen LogP contribution in [0.15, 0.2) is 36.4 Å². The lowest BCUT2D eigenvalue weighted by Gasteiger charge is -2.26. The Kier molecular flexibility index (Phi) is 5.24. The van der Waals surface area contributed by atoms with Crippen LogP contribution >= 0.6 is 0 Å². The van der Waals surface area contributed by atoms with Gasteiger partial charge >= 0.3 is 0 Å². The Morgan fingerprint density at radius 3 is 2.42 bits per heavy atom. The van der Waals surface area contributed by atoms with E-state index in [-0.39, 0.29) is 5.78 Å². The lowest BCUT2D eigenvalue weighted by molar-refractivity contribution is 0.104. The van der Waals surface area contributed by atoms with Crippen LogP contribution in [-0.2, 0) is 0 Å². The Balaban J connectivity index is 1.58. The fourth-order valence-electron chi connectivity index (χ4n) is 4.58. The molecule has 0 bridgehead atoms. The van der Waals surface area contributed by atoms with Crippen molar-refractivity contribution in [1.29, 1.82) is 0 Å². The molecule has 2 aromatic carbocycles. The Morgan fingerprint density at radius 1 is 0.903 bits per heavy atom. The van der Waals surface area contributed by atoms with Crippen LogP contribution in [0.1, 0.15) is 35.2 Å². The van der Waals surface area contributed by atoms with Crippen molar-refractivity contribution >= 4 is 16.7 Å². The fraction of sp³-hybridized carbons (Fsp3) is 0.360. The van der Waals surface area contributed by atoms with Crippen LogP contribution in [0.4, 0.5) is 0 Å². The number of likely N-dealkylation sites (tertiary alicyclic amines) is 1. The van der Waals surface area contributed by atoms with Crippen LogP contribution in [0, 0.1) is 0 Å². The lowest BCUT2D eigenvalue weighted by atomic mass is 10.0.